The Kier molecular flexibility index (Phi) is 8.20. The van der Waals surface area contributed by atoms with Gasteiger partial charge in [-0.05, 0) is 12.8 Å². The maximum Gasteiger partial charge on any atom is 0.342 e. The molecule has 0 fully saturated rings. The molecule has 0 heterocycles. The van der Waals surface area contributed by atoms with Crippen molar-refractivity contribution in [3.8, 4) is 11.5 Å². The molecule has 0 saturated heterocycles. The van der Waals surface area contributed by atoms with E-state index in [0.29, 0.717) is 6.42 Å². The van der Waals surface area contributed by atoms with Gasteiger partial charge in [-0.25, -0.2) is 4.79 Å². The molecule has 0 aliphatic heterocycles. The fourth-order valence-electron chi connectivity index (χ4n) is 2.55. The van der Waals surface area contributed by atoms with Gasteiger partial charge in [0.25, 0.3) is 0 Å². The van der Waals surface area contributed by atoms with Crippen LogP contribution in [-0.2, 0) is 17.7 Å². The molecule has 1 aromatic carbocycles. The molecule has 129 valence electrons. The van der Waals surface area contributed by atoms with Crippen LogP contribution in [-0.4, -0.2) is 23.3 Å². The quantitative estimate of drug-likeness (QED) is 0.470. The number of unbranched alkanes of at least 4 members (excludes halogenated alkanes) is 5. The van der Waals surface area contributed by atoms with Crippen LogP contribution in [0.5, 0.6) is 11.5 Å². The molecule has 0 aromatic heterocycles. The molecule has 1 aromatic rings. The van der Waals surface area contributed by atoms with Gasteiger partial charge in [0.1, 0.15) is 17.1 Å². The summed E-state index contributed by atoms with van der Waals surface area (Å²) in [6.07, 6.45) is 6.37. The van der Waals surface area contributed by atoms with Gasteiger partial charge in [-0.2, -0.15) is 0 Å². The summed E-state index contributed by atoms with van der Waals surface area (Å²) in [5.41, 5.74) is 5.97. The van der Waals surface area contributed by atoms with Crippen LogP contribution in [0.2, 0.25) is 5.02 Å². The average molecular weight is 343 g/mol. The maximum absolute atomic E-state index is 11.9. The topological polar surface area (TPSA) is 92.8 Å². The van der Waals surface area contributed by atoms with E-state index >= 15 is 0 Å². The molecule has 1 rings (SSSR count). The zero-order valence-electron chi connectivity index (χ0n) is 13.5. The van der Waals surface area contributed by atoms with Crippen molar-refractivity contribution in [2.24, 2.45) is 5.73 Å². The van der Waals surface area contributed by atoms with E-state index < -0.39 is 5.97 Å². The fourth-order valence-corrected chi connectivity index (χ4v) is 2.84. The highest BCUT2D eigenvalue weighted by Crippen LogP contribution is 2.42. The van der Waals surface area contributed by atoms with Gasteiger partial charge in [0, 0.05) is 17.7 Å². The molecule has 0 saturated carbocycles. The van der Waals surface area contributed by atoms with E-state index in [2.05, 4.69) is 11.7 Å². The number of phenols is 2. The van der Waals surface area contributed by atoms with Gasteiger partial charge in [-0.15, -0.1) is 0 Å². The van der Waals surface area contributed by atoms with Crippen LogP contribution in [0.1, 0.15) is 60.0 Å². The van der Waals surface area contributed by atoms with E-state index in [0.717, 1.165) is 38.5 Å². The minimum Gasteiger partial charge on any atom is -0.507 e. The van der Waals surface area contributed by atoms with E-state index in [-0.39, 0.29) is 39.8 Å². The number of nitrogens with two attached hydrogens (primary N) is 1. The summed E-state index contributed by atoms with van der Waals surface area (Å²) < 4.78 is 4.68. The Bertz CT molecular complexity index is 546. The summed E-state index contributed by atoms with van der Waals surface area (Å²) in [5, 5.41) is 20.6. The van der Waals surface area contributed by atoms with Crippen LogP contribution in [0.3, 0.4) is 0 Å². The Morgan fingerprint density at radius 3 is 2.30 bits per heavy atom. The second kappa shape index (κ2) is 9.63. The maximum atomic E-state index is 11.9. The van der Waals surface area contributed by atoms with Gasteiger partial charge in [0.05, 0.1) is 12.1 Å². The van der Waals surface area contributed by atoms with Crippen molar-refractivity contribution in [3.05, 3.63) is 28.6 Å². The number of rotatable bonds is 9. The lowest BCUT2D eigenvalue weighted by Crippen LogP contribution is -2.12. The standard InChI is InChI=1S/C17H25ClNO4/c1-3-4-5-6-7-8-9-11-15(20)13(17(22)23-2)12(10-19)14(18)16(11)21/h20-21H,1,3-10,19H2,2H3. The molecule has 6 heteroatoms. The molecule has 4 N–H and O–H groups in total. The van der Waals surface area contributed by atoms with Crippen LogP contribution < -0.4 is 5.73 Å². The van der Waals surface area contributed by atoms with Crippen molar-refractivity contribution in [2.45, 2.75) is 51.5 Å². The Labute approximate surface area is 142 Å². The Balaban J connectivity index is 2.99. The van der Waals surface area contributed by atoms with Crippen molar-refractivity contribution >= 4 is 17.6 Å². The number of halogens is 1. The lowest BCUT2D eigenvalue weighted by Gasteiger charge is -2.16. The van der Waals surface area contributed by atoms with Gasteiger partial charge in [-0.3, -0.25) is 0 Å². The van der Waals surface area contributed by atoms with E-state index in [9.17, 15) is 15.0 Å². The molecule has 1 radical (unpaired) electrons. The summed E-state index contributed by atoms with van der Waals surface area (Å²) in [6.45, 7) is 3.71. The van der Waals surface area contributed by atoms with Crippen LogP contribution >= 0.6 is 11.6 Å². The average Bonchev–Trinajstić information content (AvgIpc) is 2.55. The molecular formula is C17H25ClNO4. The monoisotopic (exact) mass is 342 g/mol. The summed E-state index contributed by atoms with van der Waals surface area (Å²) in [4.78, 5) is 11.9. The summed E-state index contributed by atoms with van der Waals surface area (Å²) in [5.74, 6) is -1.23. The molecule has 0 bridgehead atoms. The highest BCUT2D eigenvalue weighted by Gasteiger charge is 2.26. The van der Waals surface area contributed by atoms with Crippen molar-refractivity contribution in [3.63, 3.8) is 0 Å². The fraction of sp³-hybridized carbons (Fsp3) is 0.529. The predicted molar refractivity (Wildman–Crippen MR) is 90.8 cm³/mol. The van der Waals surface area contributed by atoms with Crippen molar-refractivity contribution in [1.29, 1.82) is 0 Å². The number of esters is 1. The molecule has 0 amide bonds. The summed E-state index contributed by atoms with van der Waals surface area (Å²) >= 11 is 6.10. The number of benzene rings is 1. The van der Waals surface area contributed by atoms with E-state index in [4.69, 9.17) is 17.3 Å². The molecule has 0 aliphatic carbocycles. The number of hydrogen-bond acceptors (Lipinski definition) is 5. The van der Waals surface area contributed by atoms with Crippen LogP contribution in [0.25, 0.3) is 0 Å². The van der Waals surface area contributed by atoms with Crippen molar-refractivity contribution < 1.29 is 19.7 Å². The highest BCUT2D eigenvalue weighted by molar-refractivity contribution is 6.33. The van der Waals surface area contributed by atoms with Crippen LogP contribution in [0.4, 0.5) is 0 Å². The molecule has 23 heavy (non-hydrogen) atoms. The third-order valence-electron chi connectivity index (χ3n) is 3.85. The number of carbonyl (C=O) groups is 1. The predicted octanol–water partition coefficient (Wildman–Crippen LogP) is 3.71. The Morgan fingerprint density at radius 1 is 1.13 bits per heavy atom. The lowest BCUT2D eigenvalue weighted by atomic mass is 9.96. The number of ether oxygens (including phenoxy) is 1. The largest absolute Gasteiger partial charge is 0.507 e. The van der Waals surface area contributed by atoms with Crippen molar-refractivity contribution in [1.82, 2.24) is 0 Å². The Hall–Kier alpha value is -1.46. The van der Waals surface area contributed by atoms with E-state index in [1.165, 1.54) is 7.11 Å². The van der Waals surface area contributed by atoms with E-state index in [1.54, 1.807) is 0 Å². The highest BCUT2D eigenvalue weighted by atomic mass is 35.5. The minimum atomic E-state index is -0.721. The number of carbonyl (C=O) groups excluding carboxylic acids is 1. The first kappa shape index (κ1) is 19.6. The third kappa shape index (κ3) is 4.75. The molecule has 0 atom stereocenters. The third-order valence-corrected chi connectivity index (χ3v) is 4.26. The summed E-state index contributed by atoms with van der Waals surface area (Å²) in [7, 11) is 1.21. The second-order valence-electron chi connectivity index (χ2n) is 5.41. The number of methoxy groups -OCH3 is 1. The first-order chi connectivity index (χ1) is 11.0. The zero-order chi connectivity index (χ0) is 17.4. The number of aromatic hydroxyl groups is 2. The van der Waals surface area contributed by atoms with Gasteiger partial charge in [0.2, 0.25) is 0 Å². The second-order valence-corrected chi connectivity index (χ2v) is 5.79. The van der Waals surface area contributed by atoms with Crippen molar-refractivity contribution in [2.75, 3.05) is 7.11 Å². The first-order valence-electron chi connectivity index (χ1n) is 7.82. The van der Waals surface area contributed by atoms with E-state index in [1.807, 2.05) is 0 Å². The van der Waals surface area contributed by atoms with Gasteiger partial charge in [-0.1, -0.05) is 50.6 Å². The number of hydrogen-bond donors (Lipinski definition) is 3. The van der Waals surface area contributed by atoms with Crippen LogP contribution in [0.15, 0.2) is 0 Å². The molecule has 0 spiro atoms. The zero-order valence-corrected chi connectivity index (χ0v) is 14.3. The molecule has 5 nitrogen and oxygen atoms in total. The van der Waals surface area contributed by atoms with Gasteiger partial charge < -0.3 is 20.7 Å². The minimum absolute atomic E-state index is 0.00208. The Morgan fingerprint density at radius 2 is 1.74 bits per heavy atom. The van der Waals surface area contributed by atoms with Gasteiger partial charge >= 0.3 is 5.97 Å². The molecular weight excluding hydrogens is 318 g/mol. The molecule has 0 aliphatic rings. The molecule has 0 unspecified atom stereocenters. The number of phenolic OH excluding ortho intramolecular Hbond substituents is 2. The lowest BCUT2D eigenvalue weighted by molar-refractivity contribution is 0.0596. The SMILES string of the molecule is [CH2]CCCCCCCc1c(O)c(Cl)c(CN)c(C(=O)OC)c1O. The van der Waals surface area contributed by atoms with Gasteiger partial charge in [0.15, 0.2) is 0 Å². The van der Waals surface area contributed by atoms with Crippen LogP contribution in [0, 0.1) is 6.92 Å². The first-order valence-corrected chi connectivity index (χ1v) is 8.20. The normalized spacial score (nSPS) is 10.8. The summed E-state index contributed by atoms with van der Waals surface area (Å²) in [6, 6.07) is 0. The smallest absolute Gasteiger partial charge is 0.342 e.